The summed E-state index contributed by atoms with van der Waals surface area (Å²) in [5, 5.41) is 11.1. The molecule has 2 rings (SSSR count). The fourth-order valence-electron chi connectivity index (χ4n) is 2.31. The van der Waals surface area contributed by atoms with Crippen LogP contribution in [-0.2, 0) is 6.42 Å². The summed E-state index contributed by atoms with van der Waals surface area (Å²) in [6.07, 6.45) is 10.2. The first kappa shape index (κ1) is 12.0. The predicted molar refractivity (Wildman–Crippen MR) is 67.7 cm³/mol. The van der Waals surface area contributed by atoms with Gasteiger partial charge in [0.15, 0.2) is 0 Å². The van der Waals surface area contributed by atoms with Gasteiger partial charge in [-0.25, -0.2) is 0 Å². The average Bonchev–Trinajstić information content (AvgIpc) is 2.60. The first-order valence-corrected chi connectivity index (χ1v) is 7.24. The van der Waals surface area contributed by atoms with E-state index in [9.17, 15) is 0 Å². The van der Waals surface area contributed by atoms with Crippen LogP contribution in [0, 0.1) is 0 Å². The van der Waals surface area contributed by atoms with E-state index in [2.05, 4.69) is 10.2 Å². The van der Waals surface area contributed by atoms with Crippen molar-refractivity contribution in [2.24, 2.45) is 5.73 Å². The Morgan fingerprint density at radius 3 is 2.56 bits per heavy atom. The summed E-state index contributed by atoms with van der Waals surface area (Å²) < 4.78 is 0. The van der Waals surface area contributed by atoms with Gasteiger partial charge in [0.1, 0.15) is 10.0 Å². The van der Waals surface area contributed by atoms with Gasteiger partial charge in [0.05, 0.1) is 0 Å². The molecule has 4 heteroatoms. The molecule has 0 radical (unpaired) electrons. The molecule has 0 amide bonds. The van der Waals surface area contributed by atoms with Crippen LogP contribution in [0.4, 0.5) is 0 Å². The molecular weight excluding hydrogens is 218 g/mol. The van der Waals surface area contributed by atoms with Gasteiger partial charge >= 0.3 is 0 Å². The largest absolute Gasteiger partial charge is 0.330 e. The highest BCUT2D eigenvalue weighted by molar-refractivity contribution is 7.11. The Morgan fingerprint density at radius 1 is 1.12 bits per heavy atom. The molecule has 1 aliphatic carbocycles. The van der Waals surface area contributed by atoms with Crippen LogP contribution in [0.2, 0.25) is 0 Å². The molecule has 90 valence electrons. The Hall–Kier alpha value is -0.480. The minimum Gasteiger partial charge on any atom is -0.330 e. The van der Waals surface area contributed by atoms with Crippen LogP contribution in [0.25, 0.3) is 0 Å². The van der Waals surface area contributed by atoms with Gasteiger partial charge in [-0.15, -0.1) is 21.5 Å². The third-order valence-electron chi connectivity index (χ3n) is 3.28. The zero-order valence-corrected chi connectivity index (χ0v) is 10.6. The summed E-state index contributed by atoms with van der Waals surface area (Å²) in [4.78, 5) is 0. The van der Waals surface area contributed by atoms with Crippen LogP contribution in [0.3, 0.4) is 0 Å². The molecule has 0 saturated heterocycles. The minimum atomic E-state index is 0.687. The molecule has 0 aliphatic heterocycles. The number of nitrogens with zero attached hydrogens (tertiary/aromatic N) is 2. The first-order chi connectivity index (χ1) is 7.90. The number of hydrogen-bond donors (Lipinski definition) is 1. The number of aromatic nitrogens is 2. The van der Waals surface area contributed by atoms with E-state index >= 15 is 0 Å². The maximum absolute atomic E-state index is 5.50. The standard InChI is InChI=1S/C12H21N3S/c13-9-5-8-11-14-15-12(16-11)10-6-3-1-2-4-7-10/h10H,1-9,13H2. The predicted octanol–water partition coefficient (Wildman–Crippen LogP) is 2.87. The van der Waals surface area contributed by atoms with E-state index in [0.29, 0.717) is 5.92 Å². The van der Waals surface area contributed by atoms with Crippen molar-refractivity contribution in [3.63, 3.8) is 0 Å². The van der Waals surface area contributed by atoms with Crippen LogP contribution in [-0.4, -0.2) is 16.7 Å². The van der Waals surface area contributed by atoms with E-state index in [1.165, 1.54) is 48.5 Å². The van der Waals surface area contributed by atoms with E-state index in [1.807, 2.05) is 11.3 Å². The Labute approximate surface area is 101 Å². The van der Waals surface area contributed by atoms with Gasteiger partial charge in [-0.2, -0.15) is 0 Å². The zero-order chi connectivity index (χ0) is 11.2. The highest BCUT2D eigenvalue weighted by Gasteiger charge is 2.18. The molecule has 1 aromatic rings. The molecule has 2 N–H and O–H groups in total. The van der Waals surface area contributed by atoms with Gasteiger partial charge in [0.2, 0.25) is 0 Å². The number of nitrogens with two attached hydrogens (primary N) is 1. The van der Waals surface area contributed by atoms with Gasteiger partial charge in [0, 0.05) is 12.3 Å². The van der Waals surface area contributed by atoms with Crippen LogP contribution in [0.1, 0.15) is 60.9 Å². The fourth-order valence-corrected chi connectivity index (χ4v) is 3.37. The molecule has 0 unspecified atom stereocenters. The molecule has 0 bridgehead atoms. The summed E-state index contributed by atoms with van der Waals surface area (Å²) in [6, 6.07) is 0. The maximum atomic E-state index is 5.50. The van der Waals surface area contributed by atoms with Crippen molar-refractivity contribution in [1.82, 2.24) is 10.2 Å². The van der Waals surface area contributed by atoms with E-state index in [-0.39, 0.29) is 0 Å². The van der Waals surface area contributed by atoms with Crippen molar-refractivity contribution in [3.8, 4) is 0 Å². The number of rotatable bonds is 4. The second kappa shape index (κ2) is 6.30. The third-order valence-corrected chi connectivity index (χ3v) is 4.43. The van der Waals surface area contributed by atoms with E-state index in [0.717, 1.165) is 19.4 Å². The molecule has 16 heavy (non-hydrogen) atoms. The third kappa shape index (κ3) is 3.25. The molecule has 0 spiro atoms. The molecular formula is C12H21N3S. The van der Waals surface area contributed by atoms with Crippen LogP contribution >= 0.6 is 11.3 Å². The number of aryl methyl sites for hydroxylation is 1. The highest BCUT2D eigenvalue weighted by Crippen LogP contribution is 2.33. The molecule has 0 aromatic carbocycles. The Kier molecular flexibility index (Phi) is 4.72. The molecule has 0 atom stereocenters. The zero-order valence-electron chi connectivity index (χ0n) is 9.82. The molecule has 3 nitrogen and oxygen atoms in total. The normalized spacial score (nSPS) is 18.6. The lowest BCUT2D eigenvalue weighted by atomic mass is 10.0. The van der Waals surface area contributed by atoms with Crippen molar-refractivity contribution in [2.45, 2.75) is 57.3 Å². The monoisotopic (exact) mass is 239 g/mol. The summed E-state index contributed by atoms with van der Waals surface area (Å²) in [7, 11) is 0. The molecule has 1 aromatic heterocycles. The van der Waals surface area contributed by atoms with E-state index < -0.39 is 0 Å². The minimum absolute atomic E-state index is 0.687. The Balaban J connectivity index is 1.94. The van der Waals surface area contributed by atoms with E-state index in [4.69, 9.17) is 5.73 Å². The van der Waals surface area contributed by atoms with Crippen molar-refractivity contribution in [3.05, 3.63) is 10.0 Å². The van der Waals surface area contributed by atoms with Crippen molar-refractivity contribution < 1.29 is 0 Å². The van der Waals surface area contributed by atoms with Crippen LogP contribution in [0.15, 0.2) is 0 Å². The van der Waals surface area contributed by atoms with E-state index in [1.54, 1.807) is 0 Å². The first-order valence-electron chi connectivity index (χ1n) is 6.42. The lowest BCUT2D eigenvalue weighted by Crippen LogP contribution is -1.99. The van der Waals surface area contributed by atoms with Crippen LogP contribution < -0.4 is 5.73 Å². The quantitative estimate of drug-likeness (QED) is 0.822. The van der Waals surface area contributed by atoms with Gasteiger partial charge in [-0.05, 0) is 25.8 Å². The van der Waals surface area contributed by atoms with Crippen molar-refractivity contribution in [1.29, 1.82) is 0 Å². The van der Waals surface area contributed by atoms with Crippen LogP contribution in [0.5, 0.6) is 0 Å². The number of hydrogen-bond acceptors (Lipinski definition) is 4. The summed E-state index contributed by atoms with van der Waals surface area (Å²) in [5.41, 5.74) is 5.50. The lowest BCUT2D eigenvalue weighted by molar-refractivity contribution is 0.583. The highest BCUT2D eigenvalue weighted by atomic mass is 32.1. The summed E-state index contributed by atoms with van der Waals surface area (Å²) in [5.74, 6) is 0.687. The molecule has 1 saturated carbocycles. The summed E-state index contributed by atoms with van der Waals surface area (Å²) >= 11 is 1.81. The smallest absolute Gasteiger partial charge is 0.120 e. The summed E-state index contributed by atoms with van der Waals surface area (Å²) in [6.45, 7) is 0.748. The molecule has 1 aliphatic rings. The molecule has 1 fully saturated rings. The Morgan fingerprint density at radius 2 is 1.88 bits per heavy atom. The Bertz CT molecular complexity index is 303. The average molecular weight is 239 g/mol. The van der Waals surface area contributed by atoms with Gasteiger partial charge in [-0.3, -0.25) is 0 Å². The SMILES string of the molecule is NCCCc1nnc(C2CCCCCC2)s1. The second-order valence-electron chi connectivity index (χ2n) is 4.61. The fraction of sp³-hybridized carbons (Fsp3) is 0.833. The topological polar surface area (TPSA) is 51.8 Å². The van der Waals surface area contributed by atoms with Gasteiger partial charge in [-0.1, -0.05) is 25.7 Å². The second-order valence-corrected chi connectivity index (χ2v) is 5.71. The molecule has 1 heterocycles. The van der Waals surface area contributed by atoms with Gasteiger partial charge in [0.25, 0.3) is 0 Å². The maximum Gasteiger partial charge on any atom is 0.120 e. The van der Waals surface area contributed by atoms with Crippen molar-refractivity contribution in [2.75, 3.05) is 6.54 Å². The van der Waals surface area contributed by atoms with Crippen molar-refractivity contribution >= 4 is 11.3 Å². The lowest BCUT2D eigenvalue weighted by Gasteiger charge is -2.08. The van der Waals surface area contributed by atoms with Gasteiger partial charge < -0.3 is 5.73 Å².